The first-order valence-corrected chi connectivity index (χ1v) is 22.6. The number of imidazole rings is 2. The van der Waals surface area contributed by atoms with Gasteiger partial charge in [-0.1, -0.05) is 147 Å². The third-order valence-corrected chi connectivity index (χ3v) is 17.1. The molecule has 61 heavy (non-hydrogen) atoms. The summed E-state index contributed by atoms with van der Waals surface area (Å²) in [4.78, 5) is 9.56. The summed E-state index contributed by atoms with van der Waals surface area (Å²) in [7, 11) is 27.9. The van der Waals surface area contributed by atoms with Gasteiger partial charge in [0, 0.05) is 36.1 Å². The third kappa shape index (κ3) is 5.42. The van der Waals surface area contributed by atoms with Gasteiger partial charge in [0.25, 0.3) is 0 Å². The molecule has 1 aliphatic heterocycles. The third-order valence-electron chi connectivity index (χ3n) is 13.2. The van der Waals surface area contributed by atoms with E-state index in [4.69, 9.17) is 41.1 Å². The molecule has 0 saturated carbocycles. The van der Waals surface area contributed by atoms with Crippen LogP contribution in [0.2, 0.25) is 10.4 Å². The molecule has 4 nitrogen and oxygen atoms in total. The monoisotopic (exact) mass is 801 g/mol. The summed E-state index contributed by atoms with van der Waals surface area (Å²) >= 11 is 0. The van der Waals surface area contributed by atoms with Gasteiger partial charge in [0.05, 0.1) is 59.1 Å². The van der Waals surface area contributed by atoms with Crippen LogP contribution in [0.5, 0.6) is 11.5 Å². The molecule has 0 atom stereocenters. The molecule has 0 fully saturated rings. The second-order valence-corrected chi connectivity index (χ2v) is 20.0. The number of ether oxygens (including phenoxy) is 1. The van der Waals surface area contributed by atoms with Crippen molar-refractivity contribution in [3.8, 4) is 17.2 Å². The van der Waals surface area contributed by atoms with E-state index in [1.165, 1.54) is 0 Å². The van der Waals surface area contributed by atoms with Gasteiger partial charge in [-0.15, -0.1) is 10.0 Å². The summed E-state index contributed by atoms with van der Waals surface area (Å²) in [5.41, 5.74) is 5.35. The fraction of sp³-hybridized carbons (Fsp3) is 0.173. The smallest absolute Gasteiger partial charge is 0.220 e. The zero-order valence-corrected chi connectivity index (χ0v) is 35.7. The first kappa shape index (κ1) is 39.4. The Morgan fingerprint density at radius 2 is 1.07 bits per heavy atom. The van der Waals surface area contributed by atoms with Gasteiger partial charge in [0.1, 0.15) is 11.5 Å². The highest BCUT2D eigenvalue weighted by atomic mass is 32.3. The molecule has 7 aromatic carbocycles. The highest BCUT2D eigenvalue weighted by Gasteiger charge is 2.61. The molecule has 0 unspecified atom stereocenters. The number of hydrogen-bond donors (Lipinski definition) is 0. The van der Waals surface area contributed by atoms with Gasteiger partial charge < -0.3 is 4.74 Å². The summed E-state index contributed by atoms with van der Waals surface area (Å²) in [5.74, 6) is 1.63. The molecule has 0 bridgehead atoms. The van der Waals surface area contributed by atoms with E-state index in [0.717, 1.165) is 64.2 Å². The van der Waals surface area contributed by atoms with Crippen molar-refractivity contribution in [2.75, 3.05) is 0 Å². The van der Waals surface area contributed by atoms with E-state index in [1.54, 1.807) is 0 Å². The maximum atomic E-state index is 7.57. The molecule has 8 radical (unpaired) electrons. The van der Waals surface area contributed by atoms with Crippen LogP contribution in [0.15, 0.2) is 196 Å². The Kier molecular flexibility index (Phi) is 9.30. The molecule has 0 N–H and O–H groups in total. The van der Waals surface area contributed by atoms with Crippen molar-refractivity contribution >= 4 is 69.3 Å². The Bertz CT molecular complexity index is 3040. The van der Waals surface area contributed by atoms with E-state index in [9.17, 15) is 0 Å². The predicted octanol–water partition coefficient (Wildman–Crippen LogP) is 12.4. The lowest BCUT2D eigenvalue weighted by Gasteiger charge is -2.64. The molecule has 9 heteroatoms. The Morgan fingerprint density at radius 1 is 0.541 bits per heavy atom. The topological polar surface area (TPSA) is 31.5 Å². The molecular formula is C52H43B4N3OS. The fourth-order valence-corrected chi connectivity index (χ4v) is 13.9. The quantitative estimate of drug-likeness (QED) is 0.136. The first-order valence-electron chi connectivity index (χ1n) is 20.9. The zero-order valence-electron chi connectivity index (χ0n) is 34.9. The molecule has 0 spiro atoms. The summed E-state index contributed by atoms with van der Waals surface area (Å²) in [6, 6.07) is 61.6. The van der Waals surface area contributed by atoms with Crippen LogP contribution in [0, 0.1) is 11.8 Å². The minimum absolute atomic E-state index is 0.245. The number of rotatable bonds is 9. The lowest BCUT2D eigenvalue weighted by atomic mass is 9.22. The van der Waals surface area contributed by atoms with Crippen molar-refractivity contribution < 1.29 is 4.74 Å². The normalized spacial score (nSPS) is 14.3. The van der Waals surface area contributed by atoms with Gasteiger partial charge in [-0.25, -0.2) is 4.98 Å². The van der Waals surface area contributed by atoms with Gasteiger partial charge in [0.2, 0.25) is 5.78 Å². The standard InChI is InChI=1S/C52H43B4N3OS/c1-34(2)51(53,54)50(52(55,56)35(3)4)40-25-11-16-31-46(40)60-48-41(50)26-18-32-47(48)61(37-20-7-5-8-21-37,38-22-9-6-10-23-38)39-24-17-19-36(33-39)58-44-29-14-15-30-45(44)59-43-28-13-12-27-42(43)57-49(58)59/h5-35H,1-4H3. The van der Waals surface area contributed by atoms with Gasteiger partial charge >= 0.3 is 0 Å². The molecule has 3 heterocycles. The summed E-state index contributed by atoms with van der Waals surface area (Å²) in [6.07, 6.45) is 0. The van der Waals surface area contributed by atoms with Gasteiger partial charge in [-0.3, -0.25) is 8.97 Å². The van der Waals surface area contributed by atoms with Gasteiger partial charge in [0.15, 0.2) is 0 Å². The Hall–Kier alpha value is -5.78. The van der Waals surface area contributed by atoms with Crippen molar-refractivity contribution in [3.63, 3.8) is 0 Å². The van der Waals surface area contributed by atoms with Crippen molar-refractivity contribution in [1.82, 2.24) is 14.0 Å². The number of nitrogens with zero attached hydrogens (tertiary/aromatic N) is 3. The number of fused-ring (bicyclic) bond motifs is 7. The van der Waals surface area contributed by atoms with E-state index in [0.29, 0.717) is 11.5 Å². The Balaban J connectivity index is 1.35. The summed E-state index contributed by atoms with van der Waals surface area (Å²) < 4.78 is 11.8. The molecule has 2 aromatic heterocycles. The molecular weight excluding hydrogens is 758 g/mol. The molecule has 10 rings (SSSR count). The average molecular weight is 801 g/mol. The lowest BCUT2D eigenvalue weighted by molar-refractivity contribution is 0.247. The number of aromatic nitrogens is 3. The Labute approximate surface area is 365 Å². The molecule has 290 valence electrons. The minimum Gasteiger partial charge on any atom is -0.456 e. The number of hydrogen-bond acceptors (Lipinski definition) is 2. The largest absolute Gasteiger partial charge is 0.456 e. The summed E-state index contributed by atoms with van der Waals surface area (Å²) in [6.45, 7) is 8.16. The van der Waals surface area contributed by atoms with Crippen molar-refractivity contribution in [2.24, 2.45) is 11.8 Å². The van der Waals surface area contributed by atoms with E-state index in [2.05, 4.69) is 155 Å². The Morgan fingerprint density at radius 3 is 1.72 bits per heavy atom. The second kappa shape index (κ2) is 14.4. The van der Waals surface area contributed by atoms with Crippen molar-refractivity contribution in [1.29, 1.82) is 0 Å². The number of benzene rings is 7. The van der Waals surface area contributed by atoms with Gasteiger partial charge in [-0.2, -0.15) is 0 Å². The van der Waals surface area contributed by atoms with Gasteiger partial charge in [-0.05, 0) is 78.9 Å². The van der Waals surface area contributed by atoms with Crippen LogP contribution in [0.3, 0.4) is 0 Å². The molecule has 0 saturated heterocycles. The SMILES string of the molecule is [B]C([B])(C(C)C)C1(C([B])([B])C(C)C)c2ccccc2Oc2c1cccc2S(c1ccccc1)(c1ccccc1)c1cccc(-n2c3ccccc3n3c4ccccc4nc23)c1. The highest BCUT2D eigenvalue weighted by molar-refractivity contribution is 8.34. The van der Waals surface area contributed by atoms with Crippen LogP contribution in [0.4, 0.5) is 0 Å². The lowest BCUT2D eigenvalue weighted by Crippen LogP contribution is -2.57. The van der Waals surface area contributed by atoms with Crippen LogP contribution in [0.25, 0.3) is 33.5 Å². The van der Waals surface area contributed by atoms with Crippen LogP contribution < -0.4 is 4.74 Å². The van der Waals surface area contributed by atoms with E-state index < -0.39 is 25.9 Å². The first-order chi connectivity index (χ1) is 29.5. The minimum atomic E-state index is -2.41. The second-order valence-electron chi connectivity index (χ2n) is 17.0. The molecule has 0 aliphatic carbocycles. The fourth-order valence-electron chi connectivity index (χ4n) is 9.91. The maximum Gasteiger partial charge on any atom is 0.220 e. The summed E-state index contributed by atoms with van der Waals surface area (Å²) in [5, 5.41) is -2.86. The average Bonchev–Trinajstić information content (AvgIpc) is 3.81. The molecule has 1 aliphatic rings. The van der Waals surface area contributed by atoms with Crippen LogP contribution in [0.1, 0.15) is 38.8 Å². The predicted molar refractivity (Wildman–Crippen MR) is 255 cm³/mol. The molecule has 9 aromatic rings. The number of para-hydroxylation sites is 6. The highest BCUT2D eigenvalue weighted by Crippen LogP contribution is 2.78. The van der Waals surface area contributed by atoms with E-state index >= 15 is 0 Å². The molecule has 0 amide bonds. The van der Waals surface area contributed by atoms with E-state index in [1.807, 2.05) is 58.0 Å². The van der Waals surface area contributed by atoms with Crippen molar-refractivity contribution in [3.05, 3.63) is 187 Å². The van der Waals surface area contributed by atoms with Crippen LogP contribution in [-0.2, 0) is 5.41 Å². The van der Waals surface area contributed by atoms with Crippen LogP contribution >= 0.6 is 10.0 Å². The van der Waals surface area contributed by atoms with E-state index in [-0.39, 0.29) is 11.8 Å². The van der Waals surface area contributed by atoms with Crippen molar-refractivity contribution in [2.45, 2.75) is 63.1 Å². The van der Waals surface area contributed by atoms with Crippen LogP contribution in [-0.4, -0.2) is 45.3 Å². The maximum absolute atomic E-state index is 7.57. The zero-order chi connectivity index (χ0) is 42.3.